The van der Waals surface area contributed by atoms with Gasteiger partial charge in [0.25, 0.3) is 0 Å². The number of halogens is 1. The minimum absolute atomic E-state index is 0.000746. The molecule has 1 unspecified atom stereocenters. The molecule has 1 atom stereocenters. The lowest BCUT2D eigenvalue weighted by atomic mass is 9.89. The molecule has 26 heavy (non-hydrogen) atoms. The van der Waals surface area contributed by atoms with Crippen LogP contribution in [-0.4, -0.2) is 39.8 Å². The number of carboxylic acid groups (broad SMARTS) is 1. The van der Waals surface area contributed by atoms with E-state index in [0.717, 1.165) is 18.9 Å². The second-order valence-electron chi connectivity index (χ2n) is 7.96. The fourth-order valence-electron chi connectivity index (χ4n) is 3.56. The second kappa shape index (κ2) is 5.51. The summed E-state index contributed by atoms with van der Waals surface area (Å²) in [5, 5.41) is 9.29. The smallest absolute Gasteiger partial charge is 0.341 e. The van der Waals surface area contributed by atoms with Crippen molar-refractivity contribution in [2.75, 3.05) is 18.0 Å². The van der Waals surface area contributed by atoms with E-state index in [4.69, 9.17) is 5.73 Å². The predicted molar refractivity (Wildman–Crippen MR) is 95.2 cm³/mol. The Bertz CT molecular complexity index is 981. The van der Waals surface area contributed by atoms with E-state index in [2.05, 4.69) is 4.98 Å². The Morgan fingerprint density at radius 3 is 2.65 bits per heavy atom. The predicted octanol–water partition coefficient (Wildman–Crippen LogP) is 1.74. The zero-order valence-electron chi connectivity index (χ0n) is 14.7. The van der Waals surface area contributed by atoms with Crippen molar-refractivity contribution in [3.63, 3.8) is 0 Å². The molecule has 3 N–H and O–H groups in total. The molecule has 0 amide bonds. The molecule has 3 heterocycles. The molecule has 1 saturated carbocycles. The van der Waals surface area contributed by atoms with E-state index in [9.17, 15) is 19.1 Å². The molecule has 0 radical (unpaired) electrons. The highest BCUT2D eigenvalue weighted by Gasteiger charge is 2.39. The van der Waals surface area contributed by atoms with E-state index < -0.39 is 17.2 Å². The lowest BCUT2D eigenvalue weighted by molar-refractivity contribution is 0.0695. The molecule has 1 aliphatic carbocycles. The van der Waals surface area contributed by atoms with Gasteiger partial charge in [0.2, 0.25) is 5.43 Å². The van der Waals surface area contributed by atoms with Crippen molar-refractivity contribution in [2.45, 2.75) is 38.8 Å². The van der Waals surface area contributed by atoms with Crippen LogP contribution >= 0.6 is 0 Å². The molecule has 1 aliphatic heterocycles. The number of fused-ring (bicyclic) bond motifs is 1. The van der Waals surface area contributed by atoms with Crippen LogP contribution in [-0.2, 0) is 0 Å². The first-order valence-corrected chi connectivity index (χ1v) is 8.68. The van der Waals surface area contributed by atoms with E-state index in [-0.39, 0.29) is 34.3 Å². The monoisotopic (exact) mass is 360 g/mol. The molecule has 8 heteroatoms. The fourth-order valence-corrected chi connectivity index (χ4v) is 3.56. The van der Waals surface area contributed by atoms with Crippen LogP contribution in [0.2, 0.25) is 0 Å². The molecule has 2 aliphatic rings. The Kier molecular flexibility index (Phi) is 3.59. The molecule has 1 saturated heterocycles. The number of rotatable bonds is 3. The molecule has 4 rings (SSSR count). The molecule has 138 valence electrons. The van der Waals surface area contributed by atoms with Crippen molar-refractivity contribution in [1.29, 1.82) is 0 Å². The van der Waals surface area contributed by atoms with E-state index in [0.29, 0.717) is 18.7 Å². The molecule has 7 nitrogen and oxygen atoms in total. The van der Waals surface area contributed by atoms with Crippen molar-refractivity contribution in [3.8, 4) is 0 Å². The molecule has 2 aromatic rings. The van der Waals surface area contributed by atoms with Crippen molar-refractivity contribution in [2.24, 2.45) is 11.1 Å². The summed E-state index contributed by atoms with van der Waals surface area (Å²) >= 11 is 0. The summed E-state index contributed by atoms with van der Waals surface area (Å²) in [5.41, 5.74) is 5.25. The number of pyridine rings is 2. The summed E-state index contributed by atoms with van der Waals surface area (Å²) in [7, 11) is 0. The fraction of sp³-hybridized carbons (Fsp3) is 0.500. The largest absolute Gasteiger partial charge is 0.477 e. The van der Waals surface area contributed by atoms with Gasteiger partial charge in [0.1, 0.15) is 11.2 Å². The Morgan fingerprint density at radius 1 is 1.42 bits per heavy atom. The summed E-state index contributed by atoms with van der Waals surface area (Å²) < 4.78 is 16.5. The summed E-state index contributed by atoms with van der Waals surface area (Å²) in [6, 6.07) is 1.10. The van der Waals surface area contributed by atoms with Crippen molar-refractivity contribution >= 4 is 22.8 Å². The minimum Gasteiger partial charge on any atom is -0.477 e. The van der Waals surface area contributed by atoms with Gasteiger partial charge in [-0.2, -0.15) is 0 Å². The normalized spacial score (nSPS) is 22.2. The van der Waals surface area contributed by atoms with Crippen LogP contribution in [0.15, 0.2) is 17.1 Å². The summed E-state index contributed by atoms with van der Waals surface area (Å²) in [6.45, 7) is 5.08. The number of aromatic carboxylic acids is 1. The third-order valence-electron chi connectivity index (χ3n) is 5.43. The molecular formula is C18H21FN4O3. The molecule has 2 aromatic heterocycles. The van der Waals surface area contributed by atoms with Gasteiger partial charge in [-0.25, -0.2) is 14.2 Å². The van der Waals surface area contributed by atoms with Crippen LogP contribution in [0.4, 0.5) is 10.2 Å². The van der Waals surface area contributed by atoms with E-state index in [1.54, 1.807) is 9.47 Å². The summed E-state index contributed by atoms with van der Waals surface area (Å²) in [5.74, 6) is -1.79. The van der Waals surface area contributed by atoms with Crippen LogP contribution in [0.25, 0.3) is 11.0 Å². The first-order chi connectivity index (χ1) is 12.2. The molecule has 0 spiro atoms. The highest BCUT2D eigenvalue weighted by atomic mass is 19.1. The van der Waals surface area contributed by atoms with E-state index >= 15 is 0 Å². The van der Waals surface area contributed by atoms with Crippen molar-refractivity contribution in [3.05, 3.63) is 33.9 Å². The van der Waals surface area contributed by atoms with Gasteiger partial charge in [-0.1, -0.05) is 13.8 Å². The maximum atomic E-state index is 14.8. The van der Waals surface area contributed by atoms with E-state index in [1.165, 1.54) is 6.20 Å². The lowest BCUT2D eigenvalue weighted by Gasteiger charge is -2.22. The van der Waals surface area contributed by atoms with Gasteiger partial charge in [0, 0.05) is 31.4 Å². The summed E-state index contributed by atoms with van der Waals surface area (Å²) in [4.78, 5) is 30.1. The number of hydrogen-bond donors (Lipinski definition) is 2. The minimum atomic E-state index is -1.32. The third kappa shape index (κ3) is 2.56. The maximum absolute atomic E-state index is 14.8. The number of nitrogens with two attached hydrogens (primary N) is 1. The Morgan fingerprint density at radius 2 is 2.12 bits per heavy atom. The van der Waals surface area contributed by atoms with Crippen LogP contribution in [0.1, 0.15) is 43.1 Å². The Balaban J connectivity index is 1.92. The zero-order valence-corrected chi connectivity index (χ0v) is 14.7. The number of hydrogen-bond acceptors (Lipinski definition) is 5. The zero-order chi connectivity index (χ0) is 18.8. The highest BCUT2D eigenvalue weighted by Crippen LogP contribution is 2.38. The quantitative estimate of drug-likeness (QED) is 0.865. The number of nitrogens with zero attached hydrogens (tertiary/aromatic N) is 3. The SMILES string of the molecule is CC1(C)CN(c2nc3c(cc2F)c(=O)c(C(=O)O)cn3C2CC2)CC1N. The molecule has 0 aromatic carbocycles. The molecule has 0 bridgehead atoms. The number of anilines is 1. The van der Waals surface area contributed by atoms with Crippen molar-refractivity contribution < 1.29 is 14.3 Å². The molecule has 2 fully saturated rings. The number of carbonyl (C=O) groups is 1. The second-order valence-corrected chi connectivity index (χ2v) is 7.96. The van der Waals surface area contributed by atoms with E-state index in [1.807, 2.05) is 13.8 Å². The standard InChI is InChI=1S/C18H21FN4O3/c1-18(2)8-22(7-13(18)20)16-12(19)5-10-14(24)11(17(25)26)6-23(9-3-4-9)15(10)21-16/h5-6,9,13H,3-4,7-8,20H2,1-2H3,(H,25,26). The topological polar surface area (TPSA) is 101 Å². The van der Waals surface area contributed by atoms with Crippen LogP contribution in [0, 0.1) is 11.2 Å². The van der Waals surface area contributed by atoms with Crippen LogP contribution < -0.4 is 16.1 Å². The lowest BCUT2D eigenvalue weighted by Crippen LogP contribution is -2.35. The van der Waals surface area contributed by atoms with Gasteiger partial charge < -0.3 is 20.3 Å². The average Bonchev–Trinajstić information content (AvgIpc) is 3.34. The van der Waals surface area contributed by atoms with Crippen molar-refractivity contribution in [1.82, 2.24) is 9.55 Å². The summed E-state index contributed by atoms with van der Waals surface area (Å²) in [6.07, 6.45) is 3.10. The molecular weight excluding hydrogens is 339 g/mol. The highest BCUT2D eigenvalue weighted by molar-refractivity contribution is 5.92. The first-order valence-electron chi connectivity index (χ1n) is 8.68. The Hall–Kier alpha value is -2.48. The average molecular weight is 360 g/mol. The maximum Gasteiger partial charge on any atom is 0.341 e. The van der Waals surface area contributed by atoms with Gasteiger partial charge in [0.05, 0.1) is 5.39 Å². The van der Waals surface area contributed by atoms with Gasteiger partial charge >= 0.3 is 5.97 Å². The van der Waals surface area contributed by atoms with Gasteiger partial charge in [-0.05, 0) is 24.3 Å². The van der Waals surface area contributed by atoms with Crippen LogP contribution in [0.3, 0.4) is 0 Å². The Labute approximate surface area is 149 Å². The number of carboxylic acids is 1. The van der Waals surface area contributed by atoms with Gasteiger partial charge in [-0.3, -0.25) is 4.79 Å². The van der Waals surface area contributed by atoms with Crippen LogP contribution in [0.5, 0.6) is 0 Å². The third-order valence-corrected chi connectivity index (χ3v) is 5.43. The van der Waals surface area contributed by atoms with Gasteiger partial charge in [0.15, 0.2) is 11.6 Å². The van der Waals surface area contributed by atoms with Gasteiger partial charge in [-0.15, -0.1) is 0 Å². The first kappa shape index (κ1) is 17.0. The number of aromatic nitrogens is 2.